The van der Waals surface area contributed by atoms with Crippen molar-refractivity contribution in [1.82, 2.24) is 4.98 Å². The number of H-pyrrole nitrogens is 1. The molecule has 0 saturated heterocycles. The Bertz CT molecular complexity index is 222. The van der Waals surface area contributed by atoms with Crippen LogP contribution >= 0.6 is 0 Å². The predicted molar refractivity (Wildman–Crippen MR) is 45.2 cm³/mol. The normalized spacial score (nSPS) is 20.1. The number of nitrogens with one attached hydrogen (secondary N) is 1. The lowest BCUT2D eigenvalue weighted by molar-refractivity contribution is 0.515. The Labute approximate surface area is 66.8 Å². The third-order valence-corrected chi connectivity index (χ3v) is 2.62. The molecular weight excluding hydrogens is 136 g/mol. The van der Waals surface area contributed by atoms with E-state index < -0.39 is 0 Å². The Morgan fingerprint density at radius 3 is 2.82 bits per heavy atom. The Kier molecular flexibility index (Phi) is 1.50. The minimum atomic E-state index is 0.463. The van der Waals surface area contributed by atoms with Crippen LogP contribution in [-0.4, -0.2) is 11.5 Å². The van der Waals surface area contributed by atoms with E-state index in [1.54, 1.807) is 0 Å². The summed E-state index contributed by atoms with van der Waals surface area (Å²) >= 11 is 0. The van der Waals surface area contributed by atoms with E-state index in [-0.39, 0.29) is 0 Å². The number of rotatable bonds is 3. The summed E-state index contributed by atoms with van der Waals surface area (Å²) in [7, 11) is 0. The maximum absolute atomic E-state index is 5.67. The third kappa shape index (κ3) is 1.31. The lowest BCUT2D eigenvalue weighted by Gasteiger charge is -2.09. The number of aromatic amines is 1. The van der Waals surface area contributed by atoms with Crippen molar-refractivity contribution in [3.05, 3.63) is 24.0 Å². The molecule has 1 heterocycles. The summed E-state index contributed by atoms with van der Waals surface area (Å²) in [5.74, 6) is 0. The minimum absolute atomic E-state index is 0.463. The van der Waals surface area contributed by atoms with E-state index in [2.05, 4.69) is 11.1 Å². The van der Waals surface area contributed by atoms with Gasteiger partial charge in [0.2, 0.25) is 0 Å². The molecule has 0 unspecified atom stereocenters. The molecule has 0 bridgehead atoms. The van der Waals surface area contributed by atoms with Crippen molar-refractivity contribution in [2.24, 2.45) is 11.1 Å². The van der Waals surface area contributed by atoms with E-state index in [0.29, 0.717) is 5.41 Å². The van der Waals surface area contributed by atoms with Gasteiger partial charge in [0.15, 0.2) is 0 Å². The van der Waals surface area contributed by atoms with Crippen molar-refractivity contribution in [3.8, 4) is 0 Å². The van der Waals surface area contributed by atoms with Gasteiger partial charge in [0.25, 0.3) is 0 Å². The monoisotopic (exact) mass is 150 g/mol. The van der Waals surface area contributed by atoms with Crippen LogP contribution in [0.3, 0.4) is 0 Å². The van der Waals surface area contributed by atoms with Gasteiger partial charge in [0, 0.05) is 11.9 Å². The molecule has 0 aliphatic heterocycles. The van der Waals surface area contributed by atoms with Crippen molar-refractivity contribution in [3.63, 3.8) is 0 Å². The molecular formula is C9H14N2. The summed E-state index contributed by atoms with van der Waals surface area (Å²) in [6.07, 6.45) is 5.73. The van der Waals surface area contributed by atoms with Gasteiger partial charge in [-0.25, -0.2) is 0 Å². The molecule has 0 radical (unpaired) electrons. The van der Waals surface area contributed by atoms with Gasteiger partial charge in [-0.3, -0.25) is 0 Å². The van der Waals surface area contributed by atoms with E-state index in [9.17, 15) is 0 Å². The SMILES string of the molecule is NCC1(Cc2ccc[nH]2)CC1. The maximum Gasteiger partial charge on any atom is 0.0153 e. The van der Waals surface area contributed by atoms with Gasteiger partial charge >= 0.3 is 0 Å². The van der Waals surface area contributed by atoms with E-state index in [0.717, 1.165) is 13.0 Å². The summed E-state index contributed by atoms with van der Waals surface area (Å²) in [5.41, 5.74) is 7.46. The van der Waals surface area contributed by atoms with Crippen LogP contribution in [0.25, 0.3) is 0 Å². The Morgan fingerprint density at radius 1 is 1.55 bits per heavy atom. The zero-order chi connectivity index (χ0) is 7.73. The molecule has 2 rings (SSSR count). The zero-order valence-electron chi connectivity index (χ0n) is 6.64. The Hall–Kier alpha value is -0.760. The topological polar surface area (TPSA) is 41.8 Å². The Morgan fingerprint density at radius 2 is 2.36 bits per heavy atom. The zero-order valence-corrected chi connectivity index (χ0v) is 6.64. The first-order valence-electron chi connectivity index (χ1n) is 4.17. The van der Waals surface area contributed by atoms with E-state index >= 15 is 0 Å². The molecule has 60 valence electrons. The number of hydrogen-bond acceptors (Lipinski definition) is 1. The second-order valence-electron chi connectivity index (χ2n) is 3.58. The van der Waals surface area contributed by atoms with Crippen LogP contribution in [0.1, 0.15) is 18.5 Å². The van der Waals surface area contributed by atoms with Crippen molar-refractivity contribution in [2.75, 3.05) is 6.54 Å². The van der Waals surface area contributed by atoms with Crippen LogP contribution in [-0.2, 0) is 6.42 Å². The highest BCUT2D eigenvalue weighted by molar-refractivity contribution is 5.10. The average molecular weight is 150 g/mol. The molecule has 1 aliphatic rings. The van der Waals surface area contributed by atoms with Crippen LogP contribution in [0.15, 0.2) is 18.3 Å². The summed E-state index contributed by atoms with van der Waals surface area (Å²) in [6, 6.07) is 4.18. The van der Waals surface area contributed by atoms with Gasteiger partial charge in [0.1, 0.15) is 0 Å². The first-order valence-corrected chi connectivity index (χ1v) is 4.17. The smallest absolute Gasteiger partial charge is 0.0153 e. The van der Waals surface area contributed by atoms with E-state index in [1.165, 1.54) is 18.5 Å². The summed E-state index contributed by atoms with van der Waals surface area (Å²) in [5, 5.41) is 0. The van der Waals surface area contributed by atoms with Crippen LogP contribution < -0.4 is 5.73 Å². The van der Waals surface area contributed by atoms with Gasteiger partial charge in [0.05, 0.1) is 0 Å². The van der Waals surface area contributed by atoms with Crippen LogP contribution in [0.4, 0.5) is 0 Å². The van der Waals surface area contributed by atoms with Gasteiger partial charge < -0.3 is 10.7 Å². The van der Waals surface area contributed by atoms with Crippen molar-refractivity contribution >= 4 is 0 Å². The van der Waals surface area contributed by atoms with Gasteiger partial charge in [-0.05, 0) is 43.4 Å². The van der Waals surface area contributed by atoms with E-state index in [1.807, 2.05) is 12.3 Å². The largest absolute Gasteiger partial charge is 0.365 e. The molecule has 1 aliphatic carbocycles. The molecule has 11 heavy (non-hydrogen) atoms. The first kappa shape index (κ1) is 6.92. The molecule has 0 spiro atoms. The highest BCUT2D eigenvalue weighted by Gasteiger charge is 2.41. The van der Waals surface area contributed by atoms with Gasteiger partial charge in [-0.2, -0.15) is 0 Å². The highest BCUT2D eigenvalue weighted by atomic mass is 14.7. The lowest BCUT2D eigenvalue weighted by Crippen LogP contribution is -2.17. The van der Waals surface area contributed by atoms with Crippen molar-refractivity contribution in [2.45, 2.75) is 19.3 Å². The third-order valence-electron chi connectivity index (χ3n) is 2.62. The number of aromatic nitrogens is 1. The number of hydrogen-bond donors (Lipinski definition) is 2. The number of nitrogens with two attached hydrogens (primary N) is 1. The molecule has 2 heteroatoms. The van der Waals surface area contributed by atoms with Gasteiger partial charge in [-0.15, -0.1) is 0 Å². The van der Waals surface area contributed by atoms with Crippen molar-refractivity contribution < 1.29 is 0 Å². The second kappa shape index (κ2) is 2.38. The molecule has 1 saturated carbocycles. The molecule has 1 aromatic rings. The Balaban J connectivity index is 2.01. The maximum atomic E-state index is 5.67. The average Bonchev–Trinajstić information content (AvgIpc) is 2.59. The fourth-order valence-electron chi connectivity index (χ4n) is 1.51. The van der Waals surface area contributed by atoms with Crippen LogP contribution in [0.2, 0.25) is 0 Å². The second-order valence-corrected chi connectivity index (χ2v) is 3.58. The fraction of sp³-hybridized carbons (Fsp3) is 0.556. The first-order chi connectivity index (χ1) is 5.35. The molecule has 0 amide bonds. The molecule has 1 fully saturated rings. The molecule has 0 atom stereocenters. The standard InChI is InChI=1S/C9H14N2/c10-7-9(3-4-9)6-8-2-1-5-11-8/h1-2,5,11H,3-4,6-7,10H2. The highest BCUT2D eigenvalue weighted by Crippen LogP contribution is 2.46. The summed E-state index contributed by atoms with van der Waals surface area (Å²) in [4.78, 5) is 3.21. The molecule has 3 N–H and O–H groups in total. The van der Waals surface area contributed by atoms with Crippen LogP contribution in [0, 0.1) is 5.41 Å². The molecule has 2 nitrogen and oxygen atoms in total. The minimum Gasteiger partial charge on any atom is -0.365 e. The quantitative estimate of drug-likeness (QED) is 0.670. The van der Waals surface area contributed by atoms with E-state index in [4.69, 9.17) is 5.73 Å². The molecule has 1 aromatic heterocycles. The van der Waals surface area contributed by atoms with Crippen molar-refractivity contribution in [1.29, 1.82) is 0 Å². The van der Waals surface area contributed by atoms with Crippen LogP contribution in [0.5, 0.6) is 0 Å². The lowest BCUT2D eigenvalue weighted by atomic mass is 10.0. The fourth-order valence-corrected chi connectivity index (χ4v) is 1.51. The predicted octanol–water partition coefficient (Wildman–Crippen LogP) is 1.30. The van der Waals surface area contributed by atoms with Gasteiger partial charge in [-0.1, -0.05) is 0 Å². The summed E-state index contributed by atoms with van der Waals surface area (Å²) in [6.45, 7) is 0.839. The molecule has 0 aromatic carbocycles. The summed E-state index contributed by atoms with van der Waals surface area (Å²) < 4.78 is 0.